The maximum absolute atomic E-state index is 11.7. The standard InChI is InChI=1S/C11H11N3O4S/c1-12-11(19)13(2)9-7-4-3-6(14(16)17)5-8(7)10(15)18-9/h3-5,9H,1-2H3,(H,12,19). The third-order valence-electron chi connectivity index (χ3n) is 2.84. The molecule has 0 bridgehead atoms. The van der Waals surface area contributed by atoms with Crippen molar-refractivity contribution in [3.05, 3.63) is 39.4 Å². The quantitative estimate of drug-likeness (QED) is 0.377. The number of thiocarbonyl (C=S) groups is 1. The van der Waals surface area contributed by atoms with Gasteiger partial charge < -0.3 is 15.0 Å². The molecule has 1 heterocycles. The molecule has 8 heteroatoms. The zero-order valence-electron chi connectivity index (χ0n) is 10.2. The van der Waals surface area contributed by atoms with Crippen molar-refractivity contribution >= 4 is 29.0 Å². The van der Waals surface area contributed by atoms with Crippen molar-refractivity contribution in [1.29, 1.82) is 0 Å². The number of rotatable bonds is 2. The molecule has 7 nitrogen and oxygen atoms in total. The molecule has 0 aliphatic carbocycles. The van der Waals surface area contributed by atoms with Crippen molar-refractivity contribution in [3.8, 4) is 0 Å². The second-order valence-corrected chi connectivity index (χ2v) is 4.34. The molecule has 1 N–H and O–H groups in total. The van der Waals surface area contributed by atoms with E-state index in [2.05, 4.69) is 5.32 Å². The molecule has 0 aromatic heterocycles. The molecule has 0 saturated heterocycles. The Bertz CT molecular complexity index is 575. The summed E-state index contributed by atoms with van der Waals surface area (Å²) in [5, 5.41) is 13.9. The molecule has 1 aliphatic heterocycles. The first-order valence-electron chi connectivity index (χ1n) is 5.39. The number of esters is 1. The number of fused-ring (bicyclic) bond motifs is 1. The number of carbonyl (C=O) groups excluding carboxylic acids is 1. The molecular formula is C11H11N3O4S. The fourth-order valence-electron chi connectivity index (χ4n) is 1.85. The van der Waals surface area contributed by atoms with Gasteiger partial charge in [0.25, 0.3) is 5.69 Å². The molecule has 1 unspecified atom stereocenters. The smallest absolute Gasteiger partial charge is 0.341 e. The highest BCUT2D eigenvalue weighted by molar-refractivity contribution is 7.80. The van der Waals surface area contributed by atoms with Crippen LogP contribution in [0.5, 0.6) is 0 Å². The van der Waals surface area contributed by atoms with Crippen LogP contribution < -0.4 is 5.32 Å². The summed E-state index contributed by atoms with van der Waals surface area (Å²) in [7, 11) is 3.33. The van der Waals surface area contributed by atoms with Gasteiger partial charge >= 0.3 is 5.97 Å². The van der Waals surface area contributed by atoms with Gasteiger partial charge in [-0.2, -0.15) is 0 Å². The Morgan fingerprint density at radius 2 is 2.26 bits per heavy atom. The van der Waals surface area contributed by atoms with Crippen molar-refractivity contribution in [1.82, 2.24) is 10.2 Å². The van der Waals surface area contributed by atoms with E-state index in [4.69, 9.17) is 17.0 Å². The van der Waals surface area contributed by atoms with Gasteiger partial charge in [0.05, 0.1) is 10.5 Å². The van der Waals surface area contributed by atoms with E-state index in [0.29, 0.717) is 10.7 Å². The summed E-state index contributed by atoms with van der Waals surface area (Å²) >= 11 is 5.06. The molecular weight excluding hydrogens is 270 g/mol. The van der Waals surface area contributed by atoms with Crippen LogP contribution >= 0.6 is 12.2 Å². The first-order chi connectivity index (χ1) is 8.95. The van der Waals surface area contributed by atoms with Crippen LogP contribution in [0.4, 0.5) is 5.69 Å². The highest BCUT2D eigenvalue weighted by atomic mass is 32.1. The molecule has 0 spiro atoms. The number of non-ortho nitro benzene ring substituents is 1. The van der Waals surface area contributed by atoms with Gasteiger partial charge in [-0.3, -0.25) is 10.1 Å². The average molecular weight is 281 g/mol. The lowest BCUT2D eigenvalue weighted by Gasteiger charge is -2.25. The number of nitrogens with one attached hydrogen (secondary N) is 1. The molecule has 0 saturated carbocycles. The van der Waals surface area contributed by atoms with Gasteiger partial charge in [-0.25, -0.2) is 4.79 Å². The van der Waals surface area contributed by atoms with Gasteiger partial charge in [-0.15, -0.1) is 0 Å². The number of nitro groups is 1. The molecule has 100 valence electrons. The lowest BCUT2D eigenvalue weighted by atomic mass is 10.1. The molecule has 0 fully saturated rings. The van der Waals surface area contributed by atoms with Crippen LogP contribution in [0.25, 0.3) is 0 Å². The Morgan fingerprint density at radius 3 is 2.84 bits per heavy atom. The molecule has 19 heavy (non-hydrogen) atoms. The molecule has 1 atom stereocenters. The molecule has 1 aliphatic rings. The van der Waals surface area contributed by atoms with Crippen molar-refractivity contribution in [2.45, 2.75) is 6.23 Å². The molecule has 2 rings (SSSR count). The normalized spacial score (nSPS) is 16.5. The van der Waals surface area contributed by atoms with Crippen molar-refractivity contribution < 1.29 is 14.5 Å². The summed E-state index contributed by atoms with van der Waals surface area (Å²) in [4.78, 5) is 23.4. The zero-order chi connectivity index (χ0) is 14.2. The highest BCUT2D eigenvalue weighted by Crippen LogP contribution is 2.34. The van der Waals surface area contributed by atoms with Gasteiger partial charge in [-0.1, -0.05) is 0 Å². The number of nitro benzene ring substituents is 1. The number of ether oxygens (including phenoxy) is 1. The van der Waals surface area contributed by atoms with Gasteiger partial charge in [0.1, 0.15) is 0 Å². The van der Waals surface area contributed by atoms with Crippen LogP contribution in [0.2, 0.25) is 0 Å². The number of nitrogens with zero attached hydrogens (tertiary/aromatic N) is 2. The Morgan fingerprint density at radius 1 is 1.58 bits per heavy atom. The first kappa shape index (κ1) is 13.2. The second-order valence-electron chi connectivity index (χ2n) is 3.95. The molecule has 1 aromatic carbocycles. The zero-order valence-corrected chi connectivity index (χ0v) is 11.1. The van der Waals surface area contributed by atoms with E-state index in [1.807, 2.05) is 0 Å². The predicted octanol–water partition coefficient (Wildman–Crippen LogP) is 1.20. The maximum atomic E-state index is 11.7. The van der Waals surface area contributed by atoms with Gasteiger partial charge in [0.15, 0.2) is 5.11 Å². The van der Waals surface area contributed by atoms with E-state index >= 15 is 0 Å². The minimum absolute atomic E-state index is 0.143. The Hall–Kier alpha value is -2.22. The van der Waals surface area contributed by atoms with Crippen LogP contribution in [0.15, 0.2) is 18.2 Å². The average Bonchev–Trinajstić information content (AvgIpc) is 2.74. The van der Waals surface area contributed by atoms with E-state index in [-0.39, 0.29) is 11.3 Å². The number of cyclic esters (lactones) is 1. The van der Waals surface area contributed by atoms with Crippen LogP contribution in [0.3, 0.4) is 0 Å². The number of benzene rings is 1. The summed E-state index contributed by atoms with van der Waals surface area (Å²) in [5.74, 6) is -0.588. The third-order valence-corrected chi connectivity index (χ3v) is 3.33. The van der Waals surface area contributed by atoms with Crippen LogP contribution in [-0.2, 0) is 4.74 Å². The van der Waals surface area contributed by atoms with E-state index in [9.17, 15) is 14.9 Å². The van der Waals surface area contributed by atoms with E-state index in [1.54, 1.807) is 19.0 Å². The van der Waals surface area contributed by atoms with E-state index < -0.39 is 17.1 Å². The maximum Gasteiger partial charge on any atom is 0.341 e. The molecule has 0 radical (unpaired) electrons. The summed E-state index contributed by atoms with van der Waals surface area (Å²) in [6.07, 6.45) is -0.664. The van der Waals surface area contributed by atoms with Crippen LogP contribution in [0, 0.1) is 10.1 Å². The summed E-state index contributed by atoms with van der Waals surface area (Å²) in [5.41, 5.74) is 0.621. The third kappa shape index (κ3) is 2.22. The Balaban J connectivity index is 2.40. The van der Waals surface area contributed by atoms with Gasteiger partial charge in [-0.05, 0) is 18.3 Å². The highest BCUT2D eigenvalue weighted by Gasteiger charge is 2.35. The SMILES string of the molecule is CNC(=S)N(C)C1OC(=O)c2cc([N+](=O)[O-])ccc21. The largest absolute Gasteiger partial charge is 0.433 e. The van der Waals surface area contributed by atoms with E-state index in [0.717, 1.165) is 0 Å². The summed E-state index contributed by atoms with van der Waals surface area (Å²) < 4.78 is 5.19. The lowest BCUT2D eigenvalue weighted by molar-refractivity contribution is -0.384. The van der Waals surface area contributed by atoms with Gasteiger partial charge in [0, 0.05) is 31.8 Å². The number of hydrogen-bond acceptors (Lipinski definition) is 5. The van der Waals surface area contributed by atoms with Crippen molar-refractivity contribution in [3.63, 3.8) is 0 Å². The molecule has 0 amide bonds. The fraction of sp³-hybridized carbons (Fsp3) is 0.273. The summed E-state index contributed by atoms with van der Waals surface area (Å²) in [6.45, 7) is 0. The minimum Gasteiger partial charge on any atom is -0.433 e. The lowest BCUT2D eigenvalue weighted by Crippen LogP contribution is -2.37. The first-order valence-corrected chi connectivity index (χ1v) is 5.80. The fourth-order valence-corrected chi connectivity index (χ4v) is 1.94. The monoisotopic (exact) mass is 281 g/mol. The minimum atomic E-state index is -0.664. The number of carbonyl (C=O) groups is 1. The Kier molecular flexibility index (Phi) is 3.34. The van der Waals surface area contributed by atoms with Gasteiger partial charge in [0.2, 0.25) is 6.23 Å². The Labute approximate surface area is 114 Å². The number of hydrogen-bond donors (Lipinski definition) is 1. The van der Waals surface area contributed by atoms with Crippen molar-refractivity contribution in [2.75, 3.05) is 14.1 Å². The summed E-state index contributed by atoms with van der Waals surface area (Å²) in [6, 6.07) is 4.07. The second kappa shape index (κ2) is 4.81. The predicted molar refractivity (Wildman–Crippen MR) is 70.7 cm³/mol. The van der Waals surface area contributed by atoms with Crippen LogP contribution in [-0.4, -0.2) is 35.0 Å². The van der Waals surface area contributed by atoms with Crippen LogP contribution in [0.1, 0.15) is 22.1 Å². The van der Waals surface area contributed by atoms with E-state index in [1.165, 1.54) is 18.2 Å². The topological polar surface area (TPSA) is 84.7 Å². The van der Waals surface area contributed by atoms with Crippen molar-refractivity contribution in [2.24, 2.45) is 0 Å². The molecule has 1 aromatic rings.